The molecule has 0 amide bonds. The van der Waals surface area contributed by atoms with Gasteiger partial charge in [-0.2, -0.15) is 0 Å². The second-order valence-corrected chi connectivity index (χ2v) is 5.67. The lowest BCUT2D eigenvalue weighted by molar-refractivity contribution is 0.417. The summed E-state index contributed by atoms with van der Waals surface area (Å²) in [5.74, 6) is 0.410. The number of para-hydroxylation sites is 2. The predicted octanol–water partition coefficient (Wildman–Crippen LogP) is 3.44. The summed E-state index contributed by atoms with van der Waals surface area (Å²) in [5.41, 5.74) is 8.94. The molecule has 0 saturated carbocycles. The number of hydrogen-bond acceptors (Lipinski definition) is 4. The summed E-state index contributed by atoms with van der Waals surface area (Å²) in [6.07, 6.45) is 0. The molecule has 0 aliphatic heterocycles. The lowest BCUT2D eigenvalue weighted by atomic mass is 10.3. The number of nitrogens with zero attached hydrogens (tertiary/aromatic N) is 3. The van der Waals surface area contributed by atoms with E-state index in [9.17, 15) is 8.42 Å². The van der Waals surface area contributed by atoms with Crippen LogP contribution in [-0.2, 0) is 10.0 Å². The molecule has 0 radical (unpaired) electrons. The normalized spacial score (nSPS) is 10.5. The van der Waals surface area contributed by atoms with Crippen LogP contribution in [0, 0.1) is 0 Å². The highest BCUT2D eigenvalue weighted by Gasteiger charge is 2.16. The van der Waals surface area contributed by atoms with Crippen LogP contribution in [0.1, 0.15) is 0 Å². The first-order chi connectivity index (χ1) is 10.1. The first-order valence-corrected chi connectivity index (χ1v) is 7.36. The Balaban J connectivity index is 2.38. The first kappa shape index (κ1) is 14.7. The molecule has 0 aromatic heterocycles. The number of anilines is 1. The molecule has 0 spiro atoms. The Hall–Kier alpha value is -2.70. The minimum absolute atomic E-state index is 0.00157. The highest BCUT2D eigenvalue weighted by atomic mass is 32.2. The Morgan fingerprint density at radius 1 is 1.19 bits per heavy atom. The lowest BCUT2D eigenvalue weighted by Crippen LogP contribution is -2.13. The highest BCUT2D eigenvalue weighted by molar-refractivity contribution is 7.92. The van der Waals surface area contributed by atoms with E-state index in [0.29, 0.717) is 11.4 Å². The van der Waals surface area contributed by atoms with Gasteiger partial charge < -0.3 is 4.74 Å². The number of sulfonamides is 1. The molecule has 0 fully saturated rings. The van der Waals surface area contributed by atoms with Crippen molar-refractivity contribution in [3.63, 3.8) is 0 Å². The SMILES string of the molecule is COc1ccccc1NS(=O)(=O)c1cccc(N=[N+]=[N-])c1. The fourth-order valence-corrected chi connectivity index (χ4v) is 2.81. The van der Waals surface area contributed by atoms with Crippen LogP contribution in [0.4, 0.5) is 11.4 Å². The molecule has 0 atom stereocenters. The van der Waals surface area contributed by atoms with E-state index in [4.69, 9.17) is 10.3 Å². The van der Waals surface area contributed by atoms with Crippen LogP contribution >= 0.6 is 0 Å². The number of hydrogen-bond donors (Lipinski definition) is 1. The summed E-state index contributed by atoms with van der Waals surface area (Å²) in [7, 11) is -2.35. The number of rotatable bonds is 5. The molecular weight excluding hydrogens is 292 g/mol. The molecular formula is C13H12N4O3S. The van der Waals surface area contributed by atoms with Gasteiger partial charge in [0, 0.05) is 10.6 Å². The molecule has 0 aliphatic rings. The largest absolute Gasteiger partial charge is 0.495 e. The smallest absolute Gasteiger partial charge is 0.262 e. The van der Waals surface area contributed by atoms with E-state index in [1.807, 2.05) is 0 Å². The van der Waals surface area contributed by atoms with E-state index in [-0.39, 0.29) is 10.6 Å². The maximum Gasteiger partial charge on any atom is 0.262 e. The first-order valence-electron chi connectivity index (χ1n) is 5.88. The zero-order chi connectivity index (χ0) is 15.3. The third-order valence-electron chi connectivity index (χ3n) is 2.64. The molecule has 21 heavy (non-hydrogen) atoms. The standard InChI is InChI=1S/C13H12N4O3S/c1-20-13-8-3-2-7-12(13)16-21(18,19)11-6-4-5-10(9-11)15-17-14/h2-9,16H,1H3. The zero-order valence-electron chi connectivity index (χ0n) is 11.1. The molecule has 2 aromatic rings. The molecule has 0 saturated heterocycles. The van der Waals surface area contributed by atoms with Crippen LogP contribution in [0.2, 0.25) is 0 Å². The van der Waals surface area contributed by atoms with E-state index in [0.717, 1.165) is 0 Å². The van der Waals surface area contributed by atoms with Gasteiger partial charge in [0.1, 0.15) is 5.75 Å². The summed E-state index contributed by atoms with van der Waals surface area (Å²) in [4.78, 5) is 2.63. The lowest BCUT2D eigenvalue weighted by Gasteiger charge is -2.11. The van der Waals surface area contributed by atoms with E-state index in [1.54, 1.807) is 24.3 Å². The molecule has 0 aliphatic carbocycles. The van der Waals surface area contributed by atoms with Crippen LogP contribution in [0.3, 0.4) is 0 Å². The van der Waals surface area contributed by atoms with Gasteiger partial charge in [-0.15, -0.1) is 0 Å². The van der Waals surface area contributed by atoms with E-state index in [1.165, 1.54) is 31.4 Å². The Morgan fingerprint density at radius 2 is 1.95 bits per heavy atom. The van der Waals surface area contributed by atoms with Crippen LogP contribution in [0.25, 0.3) is 10.4 Å². The minimum atomic E-state index is -3.80. The summed E-state index contributed by atoms with van der Waals surface area (Å²) in [6, 6.07) is 12.4. The highest BCUT2D eigenvalue weighted by Crippen LogP contribution is 2.27. The van der Waals surface area contributed by atoms with Gasteiger partial charge in [0.05, 0.1) is 17.7 Å². The van der Waals surface area contributed by atoms with Gasteiger partial charge in [0.25, 0.3) is 10.0 Å². The Labute approximate surface area is 121 Å². The van der Waals surface area contributed by atoms with Crippen molar-refractivity contribution >= 4 is 21.4 Å². The fraction of sp³-hybridized carbons (Fsp3) is 0.0769. The second-order valence-electron chi connectivity index (χ2n) is 3.99. The Kier molecular flexibility index (Phi) is 4.32. The molecule has 0 unspecified atom stereocenters. The van der Waals surface area contributed by atoms with Gasteiger partial charge >= 0.3 is 0 Å². The van der Waals surface area contributed by atoms with Crippen molar-refractivity contribution in [2.45, 2.75) is 4.90 Å². The van der Waals surface area contributed by atoms with Crippen LogP contribution in [0.15, 0.2) is 58.5 Å². The summed E-state index contributed by atoms with van der Waals surface area (Å²) >= 11 is 0. The Bertz CT molecular complexity index is 799. The van der Waals surface area contributed by atoms with Crippen molar-refractivity contribution in [1.29, 1.82) is 0 Å². The predicted molar refractivity (Wildman–Crippen MR) is 79.1 cm³/mol. The van der Waals surface area contributed by atoms with Gasteiger partial charge in [-0.25, -0.2) is 8.42 Å². The fourth-order valence-electron chi connectivity index (χ4n) is 1.70. The topological polar surface area (TPSA) is 104 Å². The van der Waals surface area contributed by atoms with Gasteiger partial charge in [0.2, 0.25) is 0 Å². The molecule has 8 heteroatoms. The Morgan fingerprint density at radius 3 is 2.67 bits per heavy atom. The number of azide groups is 1. The average Bonchev–Trinajstić information content (AvgIpc) is 2.48. The average molecular weight is 304 g/mol. The summed E-state index contributed by atoms with van der Waals surface area (Å²) in [6.45, 7) is 0. The molecule has 2 aromatic carbocycles. The van der Waals surface area contributed by atoms with Crippen LogP contribution in [-0.4, -0.2) is 15.5 Å². The van der Waals surface area contributed by atoms with Crippen LogP contribution in [0.5, 0.6) is 5.75 Å². The van der Waals surface area contributed by atoms with E-state index < -0.39 is 10.0 Å². The monoisotopic (exact) mass is 304 g/mol. The number of ether oxygens (including phenoxy) is 1. The van der Waals surface area contributed by atoms with E-state index in [2.05, 4.69) is 14.7 Å². The third kappa shape index (κ3) is 3.44. The number of nitrogens with one attached hydrogen (secondary N) is 1. The van der Waals surface area contributed by atoms with Gasteiger partial charge in [0.15, 0.2) is 0 Å². The molecule has 7 nitrogen and oxygen atoms in total. The quantitative estimate of drug-likeness (QED) is 0.519. The molecule has 108 valence electrons. The summed E-state index contributed by atoms with van der Waals surface area (Å²) in [5, 5.41) is 3.39. The van der Waals surface area contributed by atoms with Crippen molar-refractivity contribution in [3.8, 4) is 5.75 Å². The van der Waals surface area contributed by atoms with Crippen molar-refractivity contribution in [1.82, 2.24) is 0 Å². The van der Waals surface area contributed by atoms with Crippen LogP contribution < -0.4 is 9.46 Å². The van der Waals surface area contributed by atoms with Crippen molar-refractivity contribution in [2.75, 3.05) is 11.8 Å². The zero-order valence-corrected chi connectivity index (χ0v) is 11.9. The third-order valence-corrected chi connectivity index (χ3v) is 4.00. The van der Waals surface area contributed by atoms with E-state index >= 15 is 0 Å². The molecule has 1 N–H and O–H groups in total. The molecule has 0 heterocycles. The molecule has 2 rings (SSSR count). The molecule has 0 bridgehead atoms. The van der Waals surface area contributed by atoms with Crippen molar-refractivity contribution < 1.29 is 13.2 Å². The van der Waals surface area contributed by atoms with Gasteiger partial charge in [-0.05, 0) is 29.8 Å². The van der Waals surface area contributed by atoms with Gasteiger partial charge in [-0.3, -0.25) is 4.72 Å². The number of benzene rings is 2. The minimum Gasteiger partial charge on any atom is -0.495 e. The second kappa shape index (κ2) is 6.17. The number of methoxy groups -OCH3 is 1. The van der Waals surface area contributed by atoms with Gasteiger partial charge in [-0.1, -0.05) is 29.4 Å². The maximum atomic E-state index is 12.3. The summed E-state index contributed by atoms with van der Waals surface area (Å²) < 4.78 is 32.2. The van der Waals surface area contributed by atoms with Crippen molar-refractivity contribution in [3.05, 3.63) is 59.0 Å². The van der Waals surface area contributed by atoms with Crippen molar-refractivity contribution in [2.24, 2.45) is 5.11 Å². The maximum absolute atomic E-state index is 12.3.